The number of hydrogen-bond donors (Lipinski definition) is 10. The molecule has 8 rings (SSSR count). The van der Waals surface area contributed by atoms with Gasteiger partial charge in [0, 0.05) is 0 Å². The Labute approximate surface area is 376 Å². The smallest absolute Gasteiger partial charge is 0.312 e. The van der Waals surface area contributed by atoms with Gasteiger partial charge in [-0.05, 0) is 110 Å². The normalized spacial score (nSPS) is 54.6. The molecule has 10 N–H and O–H groups in total. The number of aliphatic carboxylic acids is 1. The van der Waals surface area contributed by atoms with Crippen molar-refractivity contribution in [1.29, 1.82) is 0 Å². The molecule has 0 aromatic heterocycles. The zero-order chi connectivity index (χ0) is 46.9. The lowest BCUT2D eigenvalue weighted by atomic mass is 9.33. The van der Waals surface area contributed by atoms with Crippen LogP contribution in [0.15, 0.2) is 11.6 Å². The summed E-state index contributed by atoms with van der Waals surface area (Å²) in [5.41, 5.74) is -1.33. The predicted molar refractivity (Wildman–Crippen MR) is 225 cm³/mol. The second-order valence-corrected chi connectivity index (χ2v) is 23.1. The maximum atomic E-state index is 13.2. The minimum absolute atomic E-state index is 0.0477. The van der Waals surface area contributed by atoms with Crippen molar-refractivity contribution in [3.05, 3.63) is 11.6 Å². The van der Waals surface area contributed by atoms with Gasteiger partial charge in [-0.2, -0.15) is 0 Å². The van der Waals surface area contributed by atoms with E-state index in [1.54, 1.807) is 0 Å². The number of allylic oxidation sites excluding steroid dienone is 2. The summed E-state index contributed by atoms with van der Waals surface area (Å²) in [5, 5.41) is 108. The average molecular weight is 913 g/mol. The number of carboxylic acid groups (broad SMARTS) is 1. The van der Waals surface area contributed by atoms with Gasteiger partial charge in [-0.25, -0.2) is 0 Å². The number of carboxylic acids is 1. The van der Waals surface area contributed by atoms with Crippen LogP contribution in [0.1, 0.15) is 113 Å². The molecule has 23 atom stereocenters. The van der Waals surface area contributed by atoms with E-state index in [2.05, 4.69) is 54.5 Å². The molecule has 0 radical (unpaired) electrons. The van der Waals surface area contributed by atoms with Gasteiger partial charge in [-0.1, -0.05) is 60.1 Å². The number of fused-ring (bicyclic) bond motifs is 7. The molecule has 17 heteroatoms. The molecule has 0 aromatic carbocycles. The molecule has 8 aliphatic rings. The molecular weight excluding hydrogens is 837 g/mol. The number of aliphatic hydroxyl groups is 9. The quantitative estimate of drug-likeness (QED) is 0.122. The maximum absolute atomic E-state index is 13.2. The van der Waals surface area contributed by atoms with Crippen molar-refractivity contribution in [1.82, 2.24) is 0 Å². The van der Waals surface area contributed by atoms with Crippen LogP contribution >= 0.6 is 0 Å². The molecule has 4 saturated carbocycles. The Morgan fingerprint density at radius 1 is 0.719 bits per heavy atom. The van der Waals surface area contributed by atoms with Gasteiger partial charge in [0.05, 0.1) is 31.5 Å². The number of ether oxygens (including phenoxy) is 6. The fourth-order valence-electron chi connectivity index (χ4n) is 14.9. The van der Waals surface area contributed by atoms with Gasteiger partial charge in [0.15, 0.2) is 18.9 Å². The lowest BCUT2D eigenvalue weighted by Gasteiger charge is -2.71. The van der Waals surface area contributed by atoms with Gasteiger partial charge >= 0.3 is 5.97 Å². The van der Waals surface area contributed by atoms with E-state index < -0.39 is 127 Å². The van der Waals surface area contributed by atoms with Crippen molar-refractivity contribution < 1.29 is 84.3 Å². The molecule has 1 unspecified atom stereocenters. The molecule has 3 aliphatic heterocycles. The monoisotopic (exact) mass is 913 g/mol. The van der Waals surface area contributed by atoms with E-state index in [-0.39, 0.29) is 40.6 Å². The van der Waals surface area contributed by atoms with Crippen LogP contribution < -0.4 is 0 Å². The molecule has 7 fully saturated rings. The first kappa shape index (κ1) is 49.0. The second kappa shape index (κ2) is 16.9. The van der Waals surface area contributed by atoms with E-state index in [9.17, 15) is 55.9 Å². The summed E-state index contributed by atoms with van der Waals surface area (Å²) in [5.74, 6) is -0.779. The maximum Gasteiger partial charge on any atom is 0.312 e. The molecule has 64 heavy (non-hydrogen) atoms. The highest BCUT2D eigenvalue weighted by molar-refractivity contribution is 5.77. The van der Waals surface area contributed by atoms with Gasteiger partial charge in [0.1, 0.15) is 66.5 Å². The zero-order valence-corrected chi connectivity index (χ0v) is 38.7. The fourth-order valence-corrected chi connectivity index (χ4v) is 14.9. The van der Waals surface area contributed by atoms with E-state index in [0.29, 0.717) is 19.3 Å². The van der Waals surface area contributed by atoms with Gasteiger partial charge in [-0.3, -0.25) is 4.79 Å². The van der Waals surface area contributed by atoms with Crippen molar-refractivity contribution in [2.24, 2.45) is 50.2 Å². The fraction of sp³-hybridized carbons (Fsp3) is 0.936. The molecule has 0 amide bonds. The lowest BCUT2D eigenvalue weighted by Crippen LogP contribution is -2.68. The largest absolute Gasteiger partial charge is 0.481 e. The summed E-state index contributed by atoms with van der Waals surface area (Å²) in [6.07, 6.45) is -14.0. The minimum atomic E-state index is -1.81. The van der Waals surface area contributed by atoms with Crippen molar-refractivity contribution in [3.63, 3.8) is 0 Å². The van der Waals surface area contributed by atoms with Gasteiger partial charge in [-0.15, -0.1) is 0 Å². The highest BCUT2D eigenvalue weighted by atomic mass is 16.8. The minimum Gasteiger partial charge on any atom is -0.481 e. The van der Waals surface area contributed by atoms with Crippen molar-refractivity contribution in [2.75, 3.05) is 13.2 Å². The molecule has 0 spiro atoms. The lowest BCUT2D eigenvalue weighted by molar-refractivity contribution is -0.388. The van der Waals surface area contributed by atoms with E-state index in [1.165, 1.54) is 12.5 Å². The Bertz CT molecular complexity index is 1760. The van der Waals surface area contributed by atoms with Gasteiger partial charge in [0.2, 0.25) is 0 Å². The van der Waals surface area contributed by atoms with Crippen LogP contribution in [-0.4, -0.2) is 168 Å². The Balaban J connectivity index is 1.07. The molecule has 5 aliphatic carbocycles. The van der Waals surface area contributed by atoms with Crippen LogP contribution in [0.4, 0.5) is 0 Å². The first-order valence-corrected chi connectivity index (χ1v) is 23.7. The molecular formula is C47H76O17. The van der Waals surface area contributed by atoms with Crippen molar-refractivity contribution in [2.45, 2.75) is 211 Å². The Morgan fingerprint density at radius 3 is 2.02 bits per heavy atom. The number of carbonyl (C=O) groups is 1. The topological polar surface area (TPSA) is 275 Å². The van der Waals surface area contributed by atoms with Crippen LogP contribution in [0.25, 0.3) is 0 Å². The Kier molecular flexibility index (Phi) is 13.0. The summed E-state index contributed by atoms with van der Waals surface area (Å²) in [4.78, 5) is 13.2. The molecule has 3 heterocycles. The highest BCUT2D eigenvalue weighted by Gasteiger charge is 2.71. The SMILES string of the molecule is C[C@@H]1O[C@@H](O[C@H]2[C@H](O[C@H]3CC[C@@]4(C)C(CC[C@]5(C)[C@@H]4CC=C4[C@H]6CC(C)(C)CC[C@]6(C(=O)O)[C@H](O)C[C@]45C)C3(C)C)OC[C@H](O)[C@@H]2O[C@H]2O[C@H](CO)[C@H](O)[C@H](O)[C@H]2O)[C@H](O)[C@H](O)[C@H]1O. The van der Waals surface area contributed by atoms with E-state index in [0.717, 1.165) is 38.5 Å². The van der Waals surface area contributed by atoms with Crippen LogP contribution in [0, 0.1) is 50.2 Å². The summed E-state index contributed by atoms with van der Waals surface area (Å²) in [7, 11) is 0. The molecule has 0 aromatic rings. The third kappa shape index (κ3) is 7.40. The standard InChI is InChI=1S/C47H76O17/c1-21-30(51)32(53)34(55)38(60-21)64-37-36(63-39-35(56)33(54)31(52)25(19-48)61-39)24(49)20-59-40(37)62-29-12-13-44(6)26(43(29,4)5)11-14-45(7)27(44)10-9-22-23-17-42(2,3)15-16-47(23,41(57)58)28(50)18-46(22,45)8/h9,21,23-40,48-56H,10-20H2,1-8H3,(H,57,58)/t21-,23+,24-,25+,26?,27+,28+,29-,30-,31-,32+,33-,34+,35+,36-,37+,38-,39+,40-,44-,45+,46+,47+/m0/s1. The van der Waals surface area contributed by atoms with Crippen LogP contribution in [0.2, 0.25) is 0 Å². The Hall–Kier alpha value is -1.39. The van der Waals surface area contributed by atoms with Crippen LogP contribution in [-0.2, 0) is 33.2 Å². The summed E-state index contributed by atoms with van der Waals surface area (Å²) >= 11 is 0. The third-order valence-corrected chi connectivity index (χ3v) is 19.0. The van der Waals surface area contributed by atoms with E-state index in [1.807, 2.05) is 0 Å². The number of rotatable bonds is 8. The van der Waals surface area contributed by atoms with Crippen molar-refractivity contribution in [3.8, 4) is 0 Å². The van der Waals surface area contributed by atoms with Gasteiger partial charge < -0.3 is 79.5 Å². The van der Waals surface area contributed by atoms with Gasteiger partial charge in [0.25, 0.3) is 0 Å². The van der Waals surface area contributed by atoms with Crippen molar-refractivity contribution >= 4 is 5.97 Å². The third-order valence-electron chi connectivity index (χ3n) is 19.0. The first-order chi connectivity index (χ1) is 29.8. The molecule has 17 nitrogen and oxygen atoms in total. The van der Waals surface area contributed by atoms with Crippen LogP contribution in [0.5, 0.6) is 0 Å². The van der Waals surface area contributed by atoms with E-state index >= 15 is 0 Å². The molecule has 366 valence electrons. The number of hydrogen-bond acceptors (Lipinski definition) is 16. The summed E-state index contributed by atoms with van der Waals surface area (Å²) in [6, 6.07) is 0. The van der Waals surface area contributed by atoms with E-state index in [4.69, 9.17) is 28.4 Å². The predicted octanol–water partition coefficient (Wildman–Crippen LogP) is 1.34. The average Bonchev–Trinajstić information content (AvgIpc) is 3.22. The highest BCUT2D eigenvalue weighted by Crippen LogP contribution is 2.76. The first-order valence-electron chi connectivity index (χ1n) is 23.7. The molecule has 0 bridgehead atoms. The molecule has 3 saturated heterocycles. The zero-order valence-electron chi connectivity index (χ0n) is 38.7. The number of aliphatic hydroxyl groups excluding tert-OH is 9. The second-order valence-electron chi connectivity index (χ2n) is 23.1. The summed E-state index contributed by atoms with van der Waals surface area (Å²) < 4.78 is 37.1. The van der Waals surface area contributed by atoms with Crippen LogP contribution in [0.3, 0.4) is 0 Å². The Morgan fingerprint density at radius 2 is 1.36 bits per heavy atom. The summed E-state index contributed by atoms with van der Waals surface area (Å²) in [6.45, 7) is 16.3.